The van der Waals surface area contributed by atoms with Crippen LogP contribution in [0.25, 0.3) is 0 Å². The fraction of sp³-hybridized carbons (Fsp3) is 0.273. The molecule has 6 nitrogen and oxygen atoms in total. The summed E-state index contributed by atoms with van der Waals surface area (Å²) >= 11 is 0. The molecule has 1 aromatic rings. The van der Waals surface area contributed by atoms with E-state index < -0.39 is 11.4 Å². The van der Waals surface area contributed by atoms with Crippen molar-refractivity contribution in [3.8, 4) is 5.75 Å². The largest absolute Gasteiger partial charge is 0.463 e. The Bertz CT molecular complexity index is 459. The minimum absolute atomic E-state index is 0.0808. The number of carbonyl (C=O) groups is 1. The van der Waals surface area contributed by atoms with Crippen molar-refractivity contribution in [3.05, 3.63) is 40.7 Å². The Morgan fingerprint density at radius 2 is 2.35 bits per heavy atom. The number of aliphatic hydroxyl groups is 1. The Morgan fingerprint density at radius 1 is 1.59 bits per heavy atom. The standard InChI is InChI=1S/C11H12O6/c1-2-15-11(14)3-4-16-10-7-17-8(6-12)5-9(10)13/h3-5,7,12H,2,6H2,1H3/b4-3+. The Labute approximate surface area is 97.1 Å². The van der Waals surface area contributed by atoms with E-state index in [1.807, 2.05) is 0 Å². The molecule has 1 N–H and O–H groups in total. The molecular weight excluding hydrogens is 228 g/mol. The molecule has 0 aliphatic rings. The molecular formula is C11H12O6. The second kappa shape index (κ2) is 6.49. The third-order valence-electron chi connectivity index (χ3n) is 1.69. The molecule has 0 saturated carbocycles. The van der Waals surface area contributed by atoms with Gasteiger partial charge < -0.3 is 19.0 Å². The van der Waals surface area contributed by atoms with E-state index in [0.717, 1.165) is 24.7 Å². The molecule has 1 heterocycles. The summed E-state index contributed by atoms with van der Waals surface area (Å²) in [4.78, 5) is 22.2. The molecule has 0 bridgehead atoms. The molecule has 6 heteroatoms. The SMILES string of the molecule is CCOC(=O)/C=C/Oc1coc(CO)cc1=O. The Balaban J connectivity index is 2.64. The van der Waals surface area contributed by atoms with Crippen molar-refractivity contribution in [1.29, 1.82) is 0 Å². The summed E-state index contributed by atoms with van der Waals surface area (Å²) in [6, 6.07) is 1.10. The first kappa shape index (κ1) is 13.0. The minimum Gasteiger partial charge on any atom is -0.463 e. The summed E-state index contributed by atoms with van der Waals surface area (Å²) in [5.41, 5.74) is -0.450. The number of carbonyl (C=O) groups excluding carboxylic acids is 1. The molecule has 0 fully saturated rings. The summed E-state index contributed by atoms with van der Waals surface area (Å²) in [5, 5.41) is 8.71. The lowest BCUT2D eigenvalue weighted by Gasteiger charge is -1.99. The molecule has 1 aromatic heterocycles. The normalized spacial score (nSPS) is 10.5. The lowest BCUT2D eigenvalue weighted by Crippen LogP contribution is -2.05. The van der Waals surface area contributed by atoms with Crippen LogP contribution in [0.4, 0.5) is 0 Å². The average molecular weight is 240 g/mol. The molecule has 17 heavy (non-hydrogen) atoms. The van der Waals surface area contributed by atoms with Crippen LogP contribution in [-0.4, -0.2) is 17.7 Å². The summed E-state index contributed by atoms with van der Waals surface area (Å²) in [6.45, 7) is 1.57. The zero-order valence-corrected chi connectivity index (χ0v) is 9.21. The van der Waals surface area contributed by atoms with Gasteiger partial charge in [-0.15, -0.1) is 0 Å². The van der Waals surface area contributed by atoms with Crippen LogP contribution in [0.5, 0.6) is 5.75 Å². The molecule has 0 atom stereocenters. The zero-order chi connectivity index (χ0) is 12.7. The van der Waals surface area contributed by atoms with Gasteiger partial charge in [0.15, 0.2) is 0 Å². The predicted octanol–water partition coefficient (Wildman–Crippen LogP) is 0.588. The van der Waals surface area contributed by atoms with Crippen LogP contribution in [0.1, 0.15) is 12.7 Å². The number of ether oxygens (including phenoxy) is 2. The van der Waals surface area contributed by atoms with Crippen LogP contribution in [-0.2, 0) is 16.1 Å². The van der Waals surface area contributed by atoms with Crippen LogP contribution >= 0.6 is 0 Å². The van der Waals surface area contributed by atoms with Gasteiger partial charge in [0.25, 0.3) is 0 Å². The van der Waals surface area contributed by atoms with Gasteiger partial charge in [-0.1, -0.05) is 0 Å². The molecule has 0 amide bonds. The highest BCUT2D eigenvalue weighted by Crippen LogP contribution is 2.05. The molecule has 1 rings (SSSR count). The van der Waals surface area contributed by atoms with Crippen LogP contribution < -0.4 is 10.2 Å². The van der Waals surface area contributed by atoms with Gasteiger partial charge in [0.2, 0.25) is 11.2 Å². The van der Waals surface area contributed by atoms with Crippen LogP contribution in [0.15, 0.2) is 33.9 Å². The minimum atomic E-state index is -0.566. The highest BCUT2D eigenvalue weighted by atomic mass is 16.5. The van der Waals surface area contributed by atoms with Crippen molar-refractivity contribution >= 4 is 5.97 Å². The Hall–Kier alpha value is -2.08. The molecule has 0 aromatic carbocycles. The number of hydrogen-bond acceptors (Lipinski definition) is 6. The zero-order valence-electron chi connectivity index (χ0n) is 9.21. The van der Waals surface area contributed by atoms with Crippen LogP contribution in [0.3, 0.4) is 0 Å². The average Bonchev–Trinajstić information content (AvgIpc) is 2.31. The molecule has 92 valence electrons. The lowest BCUT2D eigenvalue weighted by atomic mass is 10.4. The van der Waals surface area contributed by atoms with Gasteiger partial charge in [0.1, 0.15) is 18.6 Å². The summed E-state index contributed by atoms with van der Waals surface area (Å²) < 4.78 is 14.4. The topological polar surface area (TPSA) is 86.0 Å². The van der Waals surface area contributed by atoms with Gasteiger partial charge in [0.05, 0.1) is 18.9 Å². The van der Waals surface area contributed by atoms with Gasteiger partial charge in [0, 0.05) is 6.07 Å². The van der Waals surface area contributed by atoms with Gasteiger partial charge in [-0.2, -0.15) is 0 Å². The lowest BCUT2D eigenvalue weighted by molar-refractivity contribution is -0.137. The maximum Gasteiger partial charge on any atom is 0.333 e. The second-order valence-electron chi connectivity index (χ2n) is 2.91. The van der Waals surface area contributed by atoms with E-state index in [0.29, 0.717) is 0 Å². The van der Waals surface area contributed by atoms with Gasteiger partial charge in [-0.3, -0.25) is 4.79 Å². The third kappa shape index (κ3) is 4.12. The van der Waals surface area contributed by atoms with E-state index in [1.165, 1.54) is 0 Å². The van der Waals surface area contributed by atoms with E-state index in [1.54, 1.807) is 6.92 Å². The second-order valence-corrected chi connectivity index (χ2v) is 2.91. The molecule has 0 aliphatic carbocycles. The van der Waals surface area contributed by atoms with Crippen molar-refractivity contribution in [2.24, 2.45) is 0 Å². The van der Waals surface area contributed by atoms with Crippen LogP contribution in [0.2, 0.25) is 0 Å². The summed E-state index contributed by atoms with van der Waals surface area (Å²) in [7, 11) is 0. The Morgan fingerprint density at radius 3 is 2.94 bits per heavy atom. The first-order valence-corrected chi connectivity index (χ1v) is 4.90. The number of rotatable bonds is 5. The van der Waals surface area contributed by atoms with E-state index in [9.17, 15) is 9.59 Å². The first-order chi connectivity index (χ1) is 8.17. The van der Waals surface area contributed by atoms with E-state index in [-0.39, 0.29) is 24.7 Å². The molecule has 0 saturated heterocycles. The highest BCUT2D eigenvalue weighted by molar-refractivity contribution is 5.81. The van der Waals surface area contributed by atoms with Gasteiger partial charge in [-0.25, -0.2) is 4.79 Å². The molecule has 0 unspecified atom stereocenters. The first-order valence-electron chi connectivity index (χ1n) is 4.90. The number of esters is 1. The highest BCUT2D eigenvalue weighted by Gasteiger charge is 2.03. The van der Waals surface area contributed by atoms with Crippen molar-refractivity contribution in [2.45, 2.75) is 13.5 Å². The van der Waals surface area contributed by atoms with Crippen molar-refractivity contribution in [1.82, 2.24) is 0 Å². The van der Waals surface area contributed by atoms with E-state index in [2.05, 4.69) is 4.74 Å². The van der Waals surface area contributed by atoms with Crippen molar-refractivity contribution in [2.75, 3.05) is 6.61 Å². The maximum absolute atomic E-state index is 11.4. The number of hydrogen-bond donors (Lipinski definition) is 1. The van der Waals surface area contributed by atoms with Gasteiger partial charge >= 0.3 is 5.97 Å². The van der Waals surface area contributed by atoms with Crippen molar-refractivity contribution in [3.63, 3.8) is 0 Å². The smallest absolute Gasteiger partial charge is 0.333 e. The molecule has 0 aliphatic heterocycles. The Kier molecular flexibility index (Phi) is 4.96. The maximum atomic E-state index is 11.4. The van der Waals surface area contributed by atoms with Gasteiger partial charge in [-0.05, 0) is 6.92 Å². The summed E-state index contributed by atoms with van der Waals surface area (Å²) in [5.74, 6) is -0.511. The predicted molar refractivity (Wildman–Crippen MR) is 57.3 cm³/mol. The molecule has 0 radical (unpaired) electrons. The summed E-state index contributed by atoms with van der Waals surface area (Å²) in [6.07, 6.45) is 3.13. The van der Waals surface area contributed by atoms with Crippen LogP contribution in [0, 0.1) is 0 Å². The fourth-order valence-electron chi connectivity index (χ4n) is 0.961. The monoisotopic (exact) mass is 240 g/mol. The van der Waals surface area contributed by atoms with E-state index in [4.69, 9.17) is 14.3 Å². The van der Waals surface area contributed by atoms with Crippen molar-refractivity contribution < 1.29 is 23.8 Å². The number of aliphatic hydroxyl groups excluding tert-OH is 1. The third-order valence-corrected chi connectivity index (χ3v) is 1.69. The quantitative estimate of drug-likeness (QED) is 0.460. The molecule has 0 spiro atoms. The van der Waals surface area contributed by atoms with E-state index >= 15 is 0 Å². The fourth-order valence-corrected chi connectivity index (χ4v) is 0.961.